The van der Waals surface area contributed by atoms with Crippen LogP contribution < -0.4 is 10.1 Å². The molecule has 1 amide bonds. The van der Waals surface area contributed by atoms with E-state index in [4.69, 9.17) is 9.47 Å². The second-order valence-electron chi connectivity index (χ2n) is 6.84. The summed E-state index contributed by atoms with van der Waals surface area (Å²) in [6.45, 7) is 1.10. The molecule has 1 aliphatic heterocycles. The first-order valence-electron chi connectivity index (χ1n) is 9.55. The van der Waals surface area contributed by atoms with Crippen LogP contribution in [0.4, 0.5) is 16.4 Å². The number of amides is 1. The zero-order chi connectivity index (χ0) is 20.9. The van der Waals surface area contributed by atoms with Crippen molar-refractivity contribution in [3.63, 3.8) is 0 Å². The number of rotatable bonds is 5. The van der Waals surface area contributed by atoms with Crippen LogP contribution in [0, 0.1) is 0 Å². The van der Waals surface area contributed by atoms with Crippen LogP contribution in [0.5, 0.6) is 5.75 Å². The van der Waals surface area contributed by atoms with Crippen molar-refractivity contribution in [2.75, 3.05) is 32.2 Å². The summed E-state index contributed by atoms with van der Waals surface area (Å²) in [5, 5.41) is 12.6. The highest BCUT2D eigenvalue weighted by molar-refractivity contribution is 5.66. The van der Waals surface area contributed by atoms with Gasteiger partial charge in [-0.25, -0.2) is 14.8 Å². The predicted molar refractivity (Wildman–Crippen MR) is 112 cm³/mol. The Morgan fingerprint density at radius 3 is 2.63 bits per heavy atom. The van der Waals surface area contributed by atoms with Crippen LogP contribution in [-0.2, 0) is 4.74 Å². The van der Waals surface area contributed by atoms with Crippen LogP contribution in [0.15, 0.2) is 60.9 Å². The number of nitrogens with one attached hydrogen (secondary N) is 1. The molecule has 0 bridgehead atoms. The molecule has 0 aliphatic carbocycles. The summed E-state index contributed by atoms with van der Waals surface area (Å²) >= 11 is 0. The fourth-order valence-corrected chi connectivity index (χ4v) is 3.39. The number of hydrogen-bond donors (Lipinski definition) is 2. The minimum absolute atomic E-state index is 0.336. The number of morpholine rings is 1. The van der Waals surface area contributed by atoms with E-state index < -0.39 is 6.09 Å². The van der Waals surface area contributed by atoms with Gasteiger partial charge in [0.1, 0.15) is 5.75 Å². The Balaban J connectivity index is 1.49. The zero-order valence-corrected chi connectivity index (χ0v) is 16.5. The third-order valence-corrected chi connectivity index (χ3v) is 4.98. The summed E-state index contributed by atoms with van der Waals surface area (Å²) in [6.07, 6.45) is 2.56. The normalized spacial score (nSPS) is 16.2. The van der Waals surface area contributed by atoms with Gasteiger partial charge >= 0.3 is 6.09 Å². The van der Waals surface area contributed by atoms with Crippen LogP contribution >= 0.6 is 0 Å². The third kappa shape index (κ3) is 4.33. The number of benzene rings is 2. The van der Waals surface area contributed by atoms with Gasteiger partial charge in [-0.1, -0.05) is 24.3 Å². The number of anilines is 2. The van der Waals surface area contributed by atoms with Crippen LogP contribution in [0.1, 0.15) is 11.6 Å². The number of nitrogens with zero attached hydrogens (tertiary/aromatic N) is 3. The van der Waals surface area contributed by atoms with E-state index in [2.05, 4.69) is 15.3 Å². The number of hydrogen-bond acceptors (Lipinski definition) is 6. The van der Waals surface area contributed by atoms with Gasteiger partial charge in [0.2, 0.25) is 5.95 Å². The van der Waals surface area contributed by atoms with Crippen LogP contribution in [0.25, 0.3) is 11.1 Å². The summed E-state index contributed by atoms with van der Waals surface area (Å²) in [5.41, 5.74) is 3.53. The first kappa shape index (κ1) is 19.7. The number of methoxy groups -OCH3 is 1. The molecule has 0 saturated carbocycles. The molecule has 30 heavy (non-hydrogen) atoms. The molecule has 154 valence electrons. The van der Waals surface area contributed by atoms with E-state index in [9.17, 15) is 9.90 Å². The minimum atomic E-state index is -0.945. The number of carbonyl (C=O) groups is 1. The summed E-state index contributed by atoms with van der Waals surface area (Å²) in [7, 11) is 1.63. The minimum Gasteiger partial charge on any atom is -0.497 e. The Labute approximate surface area is 174 Å². The molecule has 1 aromatic heterocycles. The molecule has 0 radical (unpaired) electrons. The molecule has 0 spiro atoms. The molecule has 2 heterocycles. The summed E-state index contributed by atoms with van der Waals surface area (Å²) in [6, 6.07) is 14.9. The lowest BCUT2D eigenvalue weighted by molar-refractivity contribution is -0.000878. The van der Waals surface area contributed by atoms with Gasteiger partial charge < -0.3 is 19.9 Å². The Kier molecular flexibility index (Phi) is 5.76. The van der Waals surface area contributed by atoms with E-state index >= 15 is 0 Å². The maximum absolute atomic E-state index is 11.5. The molecule has 2 N–H and O–H groups in total. The van der Waals surface area contributed by atoms with Crippen molar-refractivity contribution in [1.82, 2.24) is 14.9 Å². The molecule has 8 nitrogen and oxygen atoms in total. The Morgan fingerprint density at radius 1 is 1.17 bits per heavy atom. The van der Waals surface area contributed by atoms with Crippen molar-refractivity contribution in [2.45, 2.75) is 6.04 Å². The highest BCUT2D eigenvalue weighted by atomic mass is 16.5. The van der Waals surface area contributed by atoms with Gasteiger partial charge in [-0.2, -0.15) is 0 Å². The van der Waals surface area contributed by atoms with Gasteiger partial charge in [0.25, 0.3) is 0 Å². The van der Waals surface area contributed by atoms with E-state index in [-0.39, 0.29) is 6.04 Å². The molecule has 2 aromatic carbocycles. The monoisotopic (exact) mass is 406 g/mol. The lowest BCUT2D eigenvalue weighted by Gasteiger charge is -2.33. The Morgan fingerprint density at radius 2 is 1.93 bits per heavy atom. The van der Waals surface area contributed by atoms with Crippen molar-refractivity contribution in [3.8, 4) is 16.9 Å². The standard InChI is InChI=1S/C22H22N4O4/c1-29-19-7-5-15(6-8-19)17-12-23-21(24-13-17)25-18-4-2-3-16(11-18)20-14-30-10-9-26(20)22(27)28/h2-8,11-13,20H,9-10,14H2,1H3,(H,27,28)(H,23,24,25). The fraction of sp³-hybridized carbons (Fsp3) is 0.227. The second-order valence-corrected chi connectivity index (χ2v) is 6.84. The number of aromatic nitrogens is 2. The maximum atomic E-state index is 11.5. The molecule has 1 aliphatic rings. The Bertz CT molecular complexity index is 1010. The molecule has 3 aromatic rings. The van der Waals surface area contributed by atoms with Gasteiger partial charge in [0, 0.05) is 30.2 Å². The Hall–Kier alpha value is -3.65. The van der Waals surface area contributed by atoms with E-state index in [1.165, 1.54) is 4.90 Å². The van der Waals surface area contributed by atoms with Crippen LogP contribution in [0.2, 0.25) is 0 Å². The predicted octanol–water partition coefficient (Wildman–Crippen LogP) is 3.95. The topological polar surface area (TPSA) is 96.8 Å². The molecule has 1 saturated heterocycles. The van der Waals surface area contributed by atoms with E-state index in [1.54, 1.807) is 19.5 Å². The van der Waals surface area contributed by atoms with Crippen molar-refractivity contribution in [2.24, 2.45) is 0 Å². The van der Waals surface area contributed by atoms with E-state index in [1.807, 2.05) is 48.5 Å². The molecule has 1 atom stereocenters. The summed E-state index contributed by atoms with van der Waals surface area (Å²) in [4.78, 5) is 21.7. The van der Waals surface area contributed by atoms with Crippen molar-refractivity contribution in [1.29, 1.82) is 0 Å². The molecule has 4 rings (SSSR count). The molecular weight excluding hydrogens is 384 g/mol. The number of ether oxygens (including phenoxy) is 2. The third-order valence-electron chi connectivity index (χ3n) is 4.98. The van der Waals surface area contributed by atoms with Gasteiger partial charge in [-0.15, -0.1) is 0 Å². The first-order valence-corrected chi connectivity index (χ1v) is 9.55. The SMILES string of the molecule is COc1ccc(-c2cnc(Nc3cccc(C4COCCN4C(=O)O)c3)nc2)cc1. The summed E-state index contributed by atoms with van der Waals surface area (Å²) < 4.78 is 10.7. The maximum Gasteiger partial charge on any atom is 0.407 e. The highest BCUT2D eigenvalue weighted by Gasteiger charge is 2.28. The smallest absolute Gasteiger partial charge is 0.407 e. The lowest BCUT2D eigenvalue weighted by atomic mass is 10.0. The van der Waals surface area contributed by atoms with Crippen molar-refractivity contribution in [3.05, 3.63) is 66.5 Å². The van der Waals surface area contributed by atoms with Crippen molar-refractivity contribution < 1.29 is 19.4 Å². The van der Waals surface area contributed by atoms with Gasteiger partial charge in [-0.05, 0) is 35.4 Å². The molecule has 1 unspecified atom stereocenters. The fourth-order valence-electron chi connectivity index (χ4n) is 3.39. The van der Waals surface area contributed by atoms with E-state index in [0.29, 0.717) is 25.7 Å². The zero-order valence-electron chi connectivity index (χ0n) is 16.5. The average molecular weight is 406 g/mol. The average Bonchev–Trinajstić information content (AvgIpc) is 2.80. The van der Waals surface area contributed by atoms with Gasteiger partial charge in [-0.3, -0.25) is 4.90 Å². The summed E-state index contributed by atoms with van der Waals surface area (Å²) in [5.74, 6) is 1.25. The largest absolute Gasteiger partial charge is 0.497 e. The van der Waals surface area contributed by atoms with Crippen molar-refractivity contribution >= 4 is 17.7 Å². The van der Waals surface area contributed by atoms with Gasteiger partial charge in [0.05, 0.1) is 26.4 Å². The van der Waals surface area contributed by atoms with Crippen LogP contribution in [-0.4, -0.2) is 52.9 Å². The molecule has 1 fully saturated rings. The van der Waals surface area contributed by atoms with Gasteiger partial charge in [0.15, 0.2) is 0 Å². The number of carboxylic acid groups (broad SMARTS) is 1. The molecule has 8 heteroatoms. The first-order chi connectivity index (χ1) is 14.6. The van der Waals surface area contributed by atoms with Crippen LogP contribution in [0.3, 0.4) is 0 Å². The highest BCUT2D eigenvalue weighted by Crippen LogP contribution is 2.27. The molecular formula is C22H22N4O4. The quantitative estimate of drug-likeness (QED) is 0.662. The second kappa shape index (κ2) is 8.79. The lowest BCUT2D eigenvalue weighted by Crippen LogP contribution is -2.42. The van der Waals surface area contributed by atoms with E-state index in [0.717, 1.165) is 28.1 Å².